The maximum absolute atomic E-state index is 13.3. The number of ether oxygens (including phenoxy) is 1. The summed E-state index contributed by atoms with van der Waals surface area (Å²) in [7, 11) is 0. The van der Waals surface area contributed by atoms with E-state index in [1.54, 1.807) is 12.1 Å². The van der Waals surface area contributed by atoms with E-state index in [1.165, 1.54) is 12.1 Å². The molecule has 0 unspecified atom stereocenters. The van der Waals surface area contributed by atoms with E-state index in [-0.39, 0.29) is 17.9 Å². The second kappa shape index (κ2) is 8.78. The number of hydrogen-bond donors (Lipinski definition) is 2. The molecule has 1 aliphatic rings. The maximum Gasteiger partial charge on any atom is 0.319 e. The molecule has 0 aromatic heterocycles. The number of carbonyl (C=O) groups excluding carboxylic acids is 1. The van der Waals surface area contributed by atoms with Crippen molar-refractivity contribution in [2.45, 2.75) is 13.0 Å². The molecule has 6 heteroatoms. The standard InChI is InChI=1S/C20H24FN3O2/c1-15-2-8-18(9-3-15)23-20(25)22-14-19(24-10-12-26-13-11-24)16-4-6-17(21)7-5-16/h2-9,19H,10-14H2,1H3,(H2,22,23,25)/t19-/m0/s1. The van der Waals surface area contributed by atoms with Crippen molar-refractivity contribution < 1.29 is 13.9 Å². The number of nitrogens with zero attached hydrogens (tertiary/aromatic N) is 1. The van der Waals surface area contributed by atoms with Crippen LogP contribution in [0.4, 0.5) is 14.9 Å². The van der Waals surface area contributed by atoms with Gasteiger partial charge in [0.05, 0.1) is 19.3 Å². The summed E-state index contributed by atoms with van der Waals surface area (Å²) in [5.41, 5.74) is 2.86. The van der Waals surface area contributed by atoms with Gasteiger partial charge < -0.3 is 15.4 Å². The fourth-order valence-electron chi connectivity index (χ4n) is 3.03. The number of halogens is 1. The lowest BCUT2D eigenvalue weighted by Crippen LogP contribution is -2.44. The third-order valence-electron chi connectivity index (χ3n) is 4.51. The number of aryl methyl sites for hydroxylation is 1. The maximum atomic E-state index is 13.3. The predicted octanol–water partition coefficient (Wildman–Crippen LogP) is 3.33. The van der Waals surface area contributed by atoms with Crippen molar-refractivity contribution in [3.63, 3.8) is 0 Å². The molecule has 0 aliphatic carbocycles. The SMILES string of the molecule is Cc1ccc(NC(=O)NC[C@@H](c2ccc(F)cc2)N2CCOCC2)cc1. The highest BCUT2D eigenvalue weighted by Gasteiger charge is 2.23. The van der Waals surface area contributed by atoms with Crippen LogP contribution in [-0.4, -0.2) is 43.8 Å². The summed E-state index contributed by atoms with van der Waals surface area (Å²) >= 11 is 0. The largest absolute Gasteiger partial charge is 0.379 e. The van der Waals surface area contributed by atoms with Gasteiger partial charge in [-0.3, -0.25) is 4.90 Å². The summed E-state index contributed by atoms with van der Waals surface area (Å²) in [5.74, 6) is -0.264. The molecule has 2 amide bonds. The molecule has 5 nitrogen and oxygen atoms in total. The Morgan fingerprint density at radius 3 is 2.42 bits per heavy atom. The highest BCUT2D eigenvalue weighted by Crippen LogP contribution is 2.21. The Balaban J connectivity index is 1.64. The number of morpholine rings is 1. The van der Waals surface area contributed by atoms with Gasteiger partial charge in [-0.2, -0.15) is 0 Å². The molecule has 1 atom stereocenters. The monoisotopic (exact) mass is 357 g/mol. The molecule has 0 saturated carbocycles. The molecule has 1 aliphatic heterocycles. The van der Waals surface area contributed by atoms with Gasteiger partial charge in [-0.05, 0) is 36.8 Å². The first kappa shape index (κ1) is 18.4. The molecule has 0 spiro atoms. The molecular formula is C20H24FN3O2. The number of rotatable bonds is 5. The molecular weight excluding hydrogens is 333 g/mol. The van der Waals surface area contributed by atoms with Crippen molar-refractivity contribution >= 4 is 11.7 Å². The topological polar surface area (TPSA) is 53.6 Å². The number of hydrogen-bond acceptors (Lipinski definition) is 3. The zero-order chi connectivity index (χ0) is 18.4. The van der Waals surface area contributed by atoms with Crippen LogP contribution in [0.3, 0.4) is 0 Å². The Hall–Kier alpha value is -2.44. The Bertz CT molecular complexity index is 713. The van der Waals surface area contributed by atoms with Crippen LogP contribution in [0.2, 0.25) is 0 Å². The Morgan fingerprint density at radius 1 is 1.12 bits per heavy atom. The van der Waals surface area contributed by atoms with Crippen LogP contribution in [0.25, 0.3) is 0 Å². The molecule has 1 saturated heterocycles. The molecule has 2 aromatic rings. The molecule has 0 radical (unpaired) electrons. The van der Waals surface area contributed by atoms with E-state index < -0.39 is 0 Å². The number of benzene rings is 2. The fourth-order valence-corrected chi connectivity index (χ4v) is 3.03. The summed E-state index contributed by atoms with van der Waals surface area (Å²) in [5, 5.41) is 5.76. The number of nitrogens with one attached hydrogen (secondary N) is 2. The van der Waals surface area contributed by atoms with Crippen molar-refractivity contribution in [2.24, 2.45) is 0 Å². The van der Waals surface area contributed by atoms with Crippen LogP contribution in [-0.2, 0) is 4.74 Å². The van der Waals surface area contributed by atoms with Crippen molar-refractivity contribution in [1.29, 1.82) is 0 Å². The van der Waals surface area contributed by atoms with E-state index >= 15 is 0 Å². The van der Waals surface area contributed by atoms with E-state index in [9.17, 15) is 9.18 Å². The van der Waals surface area contributed by atoms with E-state index in [2.05, 4.69) is 15.5 Å². The quantitative estimate of drug-likeness (QED) is 0.863. The average Bonchev–Trinajstić information content (AvgIpc) is 2.66. The van der Waals surface area contributed by atoms with Crippen molar-refractivity contribution in [3.05, 3.63) is 65.5 Å². The highest BCUT2D eigenvalue weighted by molar-refractivity contribution is 5.89. The smallest absolute Gasteiger partial charge is 0.319 e. The fraction of sp³-hybridized carbons (Fsp3) is 0.350. The second-order valence-electron chi connectivity index (χ2n) is 6.42. The lowest BCUT2D eigenvalue weighted by atomic mass is 10.0. The summed E-state index contributed by atoms with van der Waals surface area (Å²) < 4.78 is 18.7. The summed E-state index contributed by atoms with van der Waals surface area (Å²) in [6.07, 6.45) is 0. The minimum Gasteiger partial charge on any atom is -0.379 e. The number of anilines is 1. The Labute approximate surface area is 153 Å². The van der Waals surface area contributed by atoms with E-state index in [0.29, 0.717) is 19.8 Å². The molecule has 1 fully saturated rings. The number of carbonyl (C=O) groups is 1. The van der Waals surface area contributed by atoms with Gasteiger partial charge in [0, 0.05) is 25.3 Å². The van der Waals surface area contributed by atoms with Crippen LogP contribution in [0.15, 0.2) is 48.5 Å². The number of urea groups is 1. The summed E-state index contributed by atoms with van der Waals surface area (Å²) in [6, 6.07) is 13.8. The van der Waals surface area contributed by atoms with Crippen LogP contribution >= 0.6 is 0 Å². The first-order valence-corrected chi connectivity index (χ1v) is 8.80. The third-order valence-corrected chi connectivity index (χ3v) is 4.51. The minimum absolute atomic E-state index is 0.0248. The van der Waals surface area contributed by atoms with Gasteiger partial charge in [-0.15, -0.1) is 0 Å². The van der Waals surface area contributed by atoms with Crippen molar-refractivity contribution in [3.8, 4) is 0 Å². The molecule has 3 rings (SSSR count). The van der Waals surface area contributed by atoms with Gasteiger partial charge in [0.2, 0.25) is 0 Å². The second-order valence-corrected chi connectivity index (χ2v) is 6.42. The normalized spacial score (nSPS) is 16.1. The van der Waals surface area contributed by atoms with E-state index in [1.807, 2.05) is 31.2 Å². The first-order chi connectivity index (χ1) is 12.6. The van der Waals surface area contributed by atoms with Gasteiger partial charge in [0.25, 0.3) is 0 Å². The lowest BCUT2D eigenvalue weighted by molar-refractivity contribution is 0.0167. The highest BCUT2D eigenvalue weighted by atomic mass is 19.1. The molecule has 1 heterocycles. The zero-order valence-corrected chi connectivity index (χ0v) is 14.9. The Kier molecular flexibility index (Phi) is 6.20. The molecule has 2 N–H and O–H groups in total. The van der Waals surface area contributed by atoms with Crippen LogP contribution < -0.4 is 10.6 Å². The number of amides is 2. The zero-order valence-electron chi connectivity index (χ0n) is 14.9. The van der Waals surface area contributed by atoms with Gasteiger partial charge in [-0.1, -0.05) is 29.8 Å². The molecule has 0 bridgehead atoms. The Morgan fingerprint density at radius 2 is 1.77 bits per heavy atom. The third kappa shape index (κ3) is 5.03. The van der Waals surface area contributed by atoms with Crippen LogP contribution in [0.5, 0.6) is 0 Å². The van der Waals surface area contributed by atoms with Crippen molar-refractivity contribution in [2.75, 3.05) is 38.2 Å². The lowest BCUT2D eigenvalue weighted by Gasteiger charge is -2.35. The van der Waals surface area contributed by atoms with Gasteiger partial charge >= 0.3 is 6.03 Å². The van der Waals surface area contributed by atoms with Crippen LogP contribution in [0.1, 0.15) is 17.2 Å². The average molecular weight is 357 g/mol. The van der Waals surface area contributed by atoms with Gasteiger partial charge in [0.1, 0.15) is 5.82 Å². The van der Waals surface area contributed by atoms with Gasteiger partial charge in [0.15, 0.2) is 0 Å². The molecule has 26 heavy (non-hydrogen) atoms. The van der Waals surface area contributed by atoms with Crippen LogP contribution in [0, 0.1) is 12.7 Å². The van der Waals surface area contributed by atoms with Gasteiger partial charge in [-0.25, -0.2) is 9.18 Å². The van der Waals surface area contributed by atoms with Crippen molar-refractivity contribution in [1.82, 2.24) is 10.2 Å². The van der Waals surface area contributed by atoms with E-state index in [0.717, 1.165) is 29.9 Å². The molecule has 2 aromatic carbocycles. The summed E-state index contributed by atoms with van der Waals surface area (Å²) in [6.45, 7) is 5.32. The minimum atomic E-state index is -0.264. The molecule has 138 valence electrons. The predicted molar refractivity (Wildman–Crippen MR) is 99.7 cm³/mol. The first-order valence-electron chi connectivity index (χ1n) is 8.80. The summed E-state index contributed by atoms with van der Waals surface area (Å²) in [4.78, 5) is 14.5. The van der Waals surface area contributed by atoms with E-state index in [4.69, 9.17) is 4.74 Å².